The molecule has 2 fully saturated rings. The summed E-state index contributed by atoms with van der Waals surface area (Å²) in [6.45, 7) is 1.60. The Morgan fingerprint density at radius 2 is 2.00 bits per heavy atom. The summed E-state index contributed by atoms with van der Waals surface area (Å²) in [6.07, 6.45) is 0.274. The number of amides is 2. The van der Waals surface area contributed by atoms with E-state index in [1.54, 1.807) is 4.90 Å². The third-order valence-corrected chi connectivity index (χ3v) is 6.41. The van der Waals surface area contributed by atoms with Crippen molar-refractivity contribution in [3.05, 3.63) is 47.3 Å². The smallest absolute Gasteiger partial charge is 0.280 e. The molecule has 12 heteroatoms. The van der Waals surface area contributed by atoms with Crippen molar-refractivity contribution in [3.8, 4) is 28.7 Å². The lowest BCUT2D eigenvalue weighted by atomic mass is 9.95. The van der Waals surface area contributed by atoms with E-state index >= 15 is 0 Å². The third kappa shape index (κ3) is 6.73. The number of amidine groups is 1. The molecule has 4 rings (SSSR count). The van der Waals surface area contributed by atoms with Gasteiger partial charge >= 0.3 is 0 Å². The summed E-state index contributed by atoms with van der Waals surface area (Å²) >= 11 is 0.745. The van der Waals surface area contributed by atoms with Gasteiger partial charge in [-0.15, -0.1) is 0 Å². The van der Waals surface area contributed by atoms with Crippen molar-refractivity contribution in [2.45, 2.75) is 19.3 Å². The number of pyridine rings is 1. The largest absolute Gasteiger partial charge is 0.494 e. The van der Waals surface area contributed by atoms with Gasteiger partial charge in [0.1, 0.15) is 16.5 Å². The molecule has 1 aliphatic heterocycles. The summed E-state index contributed by atoms with van der Waals surface area (Å²) in [5, 5.41) is 7.69. The number of thioether (sulfide) groups is 1. The lowest BCUT2D eigenvalue weighted by molar-refractivity contribution is 0.0303. The number of methoxy groups -OCH3 is 1. The number of carbonyl (C=O) groups is 2. The summed E-state index contributed by atoms with van der Waals surface area (Å²) in [4.78, 5) is 35.6. The van der Waals surface area contributed by atoms with Crippen LogP contribution in [0.4, 0.5) is 8.78 Å². The fourth-order valence-electron chi connectivity index (χ4n) is 3.70. The Morgan fingerprint density at radius 3 is 2.66 bits per heavy atom. The number of hydrogen-bond donors (Lipinski definition) is 2. The average molecular weight is 542 g/mol. The van der Waals surface area contributed by atoms with Crippen LogP contribution in [0.5, 0.6) is 5.75 Å². The van der Waals surface area contributed by atoms with Crippen LogP contribution in [0.15, 0.2) is 35.5 Å². The van der Waals surface area contributed by atoms with Crippen LogP contribution in [0, 0.1) is 23.2 Å². The van der Waals surface area contributed by atoms with Gasteiger partial charge in [0.25, 0.3) is 18.2 Å². The molecular formula is C26H25F2N5O4S. The number of ether oxygens (including phenoxy) is 2. The molecule has 0 bridgehead atoms. The molecule has 1 saturated carbocycles. The third-order valence-electron chi connectivity index (χ3n) is 5.80. The van der Waals surface area contributed by atoms with Crippen molar-refractivity contribution in [3.63, 3.8) is 0 Å². The fourth-order valence-corrected chi connectivity index (χ4v) is 4.14. The van der Waals surface area contributed by atoms with Gasteiger partial charge in [-0.3, -0.25) is 20.0 Å². The van der Waals surface area contributed by atoms with Crippen molar-refractivity contribution >= 4 is 33.8 Å². The normalized spacial score (nSPS) is 15.6. The van der Waals surface area contributed by atoms with Crippen molar-refractivity contribution in [1.82, 2.24) is 9.88 Å². The van der Waals surface area contributed by atoms with E-state index in [0.717, 1.165) is 36.9 Å². The maximum absolute atomic E-state index is 13.5. The van der Waals surface area contributed by atoms with E-state index in [0.29, 0.717) is 32.2 Å². The number of carbonyl (C=O) groups excluding carboxylic acids is 2. The SMILES string of the molecule is COc1cnc(C(F)F)cc1-c1cc(C(=O)N2CCOCC2)ccc1C(=O)N=C(N)SC(=N)C#CC1CC1. The first-order chi connectivity index (χ1) is 18.3. The molecule has 0 atom stereocenters. The Labute approximate surface area is 222 Å². The molecule has 38 heavy (non-hydrogen) atoms. The van der Waals surface area contributed by atoms with Gasteiger partial charge in [-0.05, 0) is 60.4 Å². The maximum atomic E-state index is 13.5. The second-order valence-corrected chi connectivity index (χ2v) is 9.54. The van der Waals surface area contributed by atoms with Gasteiger partial charge in [0.05, 0.1) is 26.5 Å². The standard InChI is InChI=1S/C26H25F2N5O4S/c1-36-21-14-31-20(23(27)28)13-19(21)18-12-16(25(35)33-8-10-37-11-9-33)5-6-17(18)24(34)32-26(30)38-22(29)7-4-15-2-3-15/h5-6,12-15,23,29H,2-3,8-11H2,1H3,(H2,30,32,34). The van der Waals surface area contributed by atoms with E-state index in [1.807, 2.05) is 0 Å². The lowest BCUT2D eigenvalue weighted by Gasteiger charge is -2.27. The molecule has 2 aromatic rings. The van der Waals surface area contributed by atoms with Crippen molar-refractivity contribution in [2.75, 3.05) is 33.4 Å². The first kappa shape index (κ1) is 27.2. The molecular weight excluding hydrogens is 516 g/mol. The van der Waals surface area contributed by atoms with E-state index in [4.69, 9.17) is 20.6 Å². The zero-order valence-electron chi connectivity index (χ0n) is 20.5. The Morgan fingerprint density at radius 1 is 1.26 bits per heavy atom. The van der Waals surface area contributed by atoms with Crippen LogP contribution in [-0.2, 0) is 4.74 Å². The van der Waals surface area contributed by atoms with Gasteiger partial charge < -0.3 is 20.1 Å². The summed E-state index contributed by atoms with van der Waals surface area (Å²) < 4.78 is 37.6. The number of benzene rings is 1. The number of hydrogen-bond acceptors (Lipinski definition) is 7. The zero-order valence-corrected chi connectivity index (χ0v) is 21.3. The molecule has 1 saturated heterocycles. The molecule has 1 aromatic heterocycles. The monoisotopic (exact) mass is 541 g/mol. The fraction of sp³-hybridized carbons (Fsp3) is 0.346. The second-order valence-electron chi connectivity index (χ2n) is 8.51. The van der Waals surface area contributed by atoms with Crippen LogP contribution in [0.1, 0.15) is 45.7 Å². The van der Waals surface area contributed by atoms with Gasteiger partial charge in [0, 0.05) is 35.7 Å². The van der Waals surface area contributed by atoms with E-state index in [-0.39, 0.29) is 44.1 Å². The summed E-state index contributed by atoms with van der Waals surface area (Å²) in [7, 11) is 1.34. The quantitative estimate of drug-likeness (QED) is 0.335. The highest BCUT2D eigenvalue weighted by molar-refractivity contribution is 8.26. The predicted octanol–water partition coefficient (Wildman–Crippen LogP) is 3.75. The van der Waals surface area contributed by atoms with Gasteiger partial charge in [-0.25, -0.2) is 8.78 Å². The molecule has 2 aliphatic rings. The first-order valence-electron chi connectivity index (χ1n) is 11.8. The first-order valence-corrected chi connectivity index (χ1v) is 12.6. The lowest BCUT2D eigenvalue weighted by Crippen LogP contribution is -2.40. The Balaban J connectivity index is 1.73. The van der Waals surface area contributed by atoms with E-state index < -0.39 is 18.0 Å². The summed E-state index contributed by atoms with van der Waals surface area (Å²) in [5.74, 6) is 4.97. The maximum Gasteiger partial charge on any atom is 0.280 e. The Bertz CT molecular complexity index is 1340. The average Bonchev–Trinajstić information content (AvgIpc) is 3.76. The van der Waals surface area contributed by atoms with E-state index in [1.165, 1.54) is 25.3 Å². The second kappa shape index (κ2) is 12.1. The zero-order chi connectivity index (χ0) is 27.2. The highest BCUT2D eigenvalue weighted by Gasteiger charge is 2.24. The van der Waals surface area contributed by atoms with Crippen molar-refractivity contribution in [1.29, 1.82) is 5.41 Å². The number of nitrogens with one attached hydrogen (secondary N) is 1. The van der Waals surface area contributed by atoms with Crippen LogP contribution in [0.25, 0.3) is 11.1 Å². The molecule has 1 aromatic carbocycles. The number of aliphatic imine (C=N–C) groups is 1. The van der Waals surface area contributed by atoms with E-state index in [2.05, 4.69) is 21.8 Å². The summed E-state index contributed by atoms with van der Waals surface area (Å²) in [5.41, 5.74) is 5.92. The van der Waals surface area contributed by atoms with Crippen molar-refractivity contribution in [2.24, 2.45) is 16.6 Å². The molecule has 9 nitrogen and oxygen atoms in total. The summed E-state index contributed by atoms with van der Waals surface area (Å²) in [6, 6.07) is 5.43. The Hall–Kier alpha value is -3.82. The molecule has 2 heterocycles. The van der Waals surface area contributed by atoms with Crippen LogP contribution >= 0.6 is 11.8 Å². The minimum atomic E-state index is -2.87. The highest BCUT2D eigenvalue weighted by atomic mass is 32.2. The minimum absolute atomic E-state index is 0.00684. The molecule has 198 valence electrons. The number of aromatic nitrogens is 1. The molecule has 0 spiro atoms. The molecule has 0 unspecified atom stereocenters. The molecule has 0 radical (unpaired) electrons. The molecule has 1 aliphatic carbocycles. The minimum Gasteiger partial charge on any atom is -0.494 e. The van der Waals surface area contributed by atoms with Gasteiger partial charge in [0.15, 0.2) is 5.17 Å². The topological polar surface area (TPSA) is 131 Å². The predicted molar refractivity (Wildman–Crippen MR) is 140 cm³/mol. The number of morpholine rings is 1. The van der Waals surface area contributed by atoms with E-state index in [9.17, 15) is 18.4 Å². The van der Waals surface area contributed by atoms with Crippen LogP contribution < -0.4 is 10.5 Å². The highest BCUT2D eigenvalue weighted by Crippen LogP contribution is 2.36. The van der Waals surface area contributed by atoms with Crippen LogP contribution in [0.2, 0.25) is 0 Å². The number of nitrogens with zero attached hydrogens (tertiary/aromatic N) is 3. The van der Waals surface area contributed by atoms with Gasteiger partial charge in [-0.1, -0.05) is 5.92 Å². The van der Waals surface area contributed by atoms with Crippen LogP contribution in [-0.4, -0.2) is 65.3 Å². The molecule has 3 N–H and O–H groups in total. The molecule has 2 amide bonds. The number of halogens is 2. The number of alkyl halides is 2. The number of rotatable bonds is 5. The van der Waals surface area contributed by atoms with Gasteiger partial charge in [-0.2, -0.15) is 4.99 Å². The van der Waals surface area contributed by atoms with Gasteiger partial charge in [0.2, 0.25) is 0 Å². The Kier molecular flexibility index (Phi) is 8.70. The van der Waals surface area contributed by atoms with Crippen molar-refractivity contribution < 1.29 is 27.8 Å². The van der Waals surface area contributed by atoms with Crippen LogP contribution in [0.3, 0.4) is 0 Å². The number of nitrogens with two attached hydrogens (primary N) is 1.